The lowest BCUT2D eigenvalue weighted by atomic mass is 10.3. The summed E-state index contributed by atoms with van der Waals surface area (Å²) in [6, 6.07) is 0. The van der Waals surface area contributed by atoms with Crippen LogP contribution in [0.1, 0.15) is 19.8 Å². The summed E-state index contributed by atoms with van der Waals surface area (Å²) in [6.07, 6.45) is 1.07. The van der Waals surface area contributed by atoms with E-state index in [0.29, 0.717) is 6.42 Å². The van der Waals surface area contributed by atoms with E-state index in [-0.39, 0.29) is 5.97 Å². The van der Waals surface area contributed by atoms with Crippen LogP contribution >= 0.6 is 57.4 Å². The molecular weight excluding hydrogens is 337 g/mol. The van der Waals surface area contributed by atoms with E-state index in [2.05, 4.69) is 0 Å². The van der Waals surface area contributed by atoms with Crippen LogP contribution in [-0.4, -0.2) is 13.9 Å². The highest BCUT2D eigenvalue weighted by molar-refractivity contribution is 14.1. The van der Waals surface area contributed by atoms with Gasteiger partial charge in [-0.15, -0.1) is 0 Å². The number of alkyl halides is 4. The van der Waals surface area contributed by atoms with Gasteiger partial charge in [0.05, 0.1) is 0 Å². The average Bonchev–Trinajstić information content (AvgIpc) is 1.85. The van der Waals surface area contributed by atoms with Crippen molar-refractivity contribution < 1.29 is 9.53 Å². The second-order valence-corrected chi connectivity index (χ2v) is 5.60. The first-order valence-electron chi connectivity index (χ1n) is 3.28. The summed E-state index contributed by atoms with van der Waals surface area (Å²) >= 11 is 18.2. The van der Waals surface area contributed by atoms with Crippen molar-refractivity contribution in [3.05, 3.63) is 0 Å². The van der Waals surface area contributed by atoms with Gasteiger partial charge in [0.15, 0.2) is 4.11 Å². The minimum Gasteiger partial charge on any atom is -0.447 e. The number of carbonyl (C=O) groups excluding carboxylic acids is 1. The molecule has 1 atom stereocenters. The molecule has 6 heteroatoms. The molecule has 72 valence electrons. The quantitative estimate of drug-likeness (QED) is 0.445. The van der Waals surface area contributed by atoms with Gasteiger partial charge in [-0.3, -0.25) is 4.79 Å². The van der Waals surface area contributed by atoms with Gasteiger partial charge in [0, 0.05) is 6.42 Å². The first-order valence-corrected chi connectivity index (χ1v) is 5.66. The zero-order valence-corrected chi connectivity index (χ0v) is 10.7. The molecule has 0 amide bonds. The van der Waals surface area contributed by atoms with Gasteiger partial charge in [-0.25, -0.2) is 0 Å². The first-order chi connectivity index (χ1) is 5.38. The number of esters is 1. The molecule has 0 aromatic heterocycles. The van der Waals surface area contributed by atoms with E-state index in [0.717, 1.165) is 6.42 Å². The van der Waals surface area contributed by atoms with Crippen LogP contribution in [0.2, 0.25) is 0 Å². The van der Waals surface area contributed by atoms with E-state index in [1.165, 1.54) is 0 Å². The number of ether oxygens (including phenoxy) is 1. The van der Waals surface area contributed by atoms with Crippen LogP contribution in [0.5, 0.6) is 0 Å². The fourth-order valence-corrected chi connectivity index (χ4v) is 0.862. The Balaban J connectivity index is 3.84. The van der Waals surface area contributed by atoms with E-state index < -0.39 is 7.90 Å². The number of hydrogen-bond donors (Lipinski definition) is 0. The van der Waals surface area contributed by atoms with Crippen LogP contribution in [0.25, 0.3) is 0 Å². The molecule has 0 saturated heterocycles. The highest BCUT2D eigenvalue weighted by Gasteiger charge is 2.33. The van der Waals surface area contributed by atoms with E-state index >= 15 is 0 Å². The number of hydrogen-bond acceptors (Lipinski definition) is 2. The largest absolute Gasteiger partial charge is 0.447 e. The molecule has 0 saturated carbocycles. The molecule has 0 rings (SSSR count). The van der Waals surface area contributed by atoms with E-state index in [1.807, 2.05) is 6.92 Å². The van der Waals surface area contributed by atoms with Crippen molar-refractivity contribution in [1.82, 2.24) is 0 Å². The normalized spacial score (nSPS) is 14.1. The molecule has 2 nitrogen and oxygen atoms in total. The summed E-state index contributed by atoms with van der Waals surface area (Å²) < 4.78 is 2.52. The second kappa shape index (κ2) is 5.73. The number of rotatable bonds is 3. The topological polar surface area (TPSA) is 26.3 Å². The maximum atomic E-state index is 10.9. The van der Waals surface area contributed by atoms with E-state index in [1.54, 1.807) is 22.6 Å². The van der Waals surface area contributed by atoms with Crippen molar-refractivity contribution in [3.63, 3.8) is 0 Å². The maximum Gasteiger partial charge on any atom is 0.306 e. The van der Waals surface area contributed by atoms with Gasteiger partial charge >= 0.3 is 5.97 Å². The zero-order valence-electron chi connectivity index (χ0n) is 6.32. The third-order valence-corrected chi connectivity index (χ3v) is 3.83. The lowest BCUT2D eigenvalue weighted by Crippen LogP contribution is -2.25. The Morgan fingerprint density at radius 3 is 2.42 bits per heavy atom. The van der Waals surface area contributed by atoms with Gasteiger partial charge in [-0.05, 0) is 29.0 Å². The van der Waals surface area contributed by atoms with Crippen LogP contribution in [0, 0.1) is 0 Å². The Hall–Kier alpha value is 1.07. The van der Waals surface area contributed by atoms with Gasteiger partial charge in [-0.2, -0.15) is 0 Å². The number of halogens is 4. The molecule has 0 spiro atoms. The molecule has 0 N–H and O–H groups in total. The van der Waals surface area contributed by atoms with Crippen molar-refractivity contribution in [2.45, 2.75) is 27.7 Å². The summed E-state index contributed by atoms with van der Waals surface area (Å²) in [5.41, 5.74) is 0. The molecule has 0 bridgehead atoms. The smallest absolute Gasteiger partial charge is 0.306 e. The highest BCUT2D eigenvalue weighted by atomic mass is 127. The molecule has 0 fully saturated rings. The average molecular weight is 345 g/mol. The monoisotopic (exact) mass is 344 g/mol. The van der Waals surface area contributed by atoms with Crippen LogP contribution in [0.3, 0.4) is 0 Å². The maximum absolute atomic E-state index is 10.9. The molecular formula is C6H8Cl3IO2. The summed E-state index contributed by atoms with van der Waals surface area (Å²) in [5, 5.41) is 0. The van der Waals surface area contributed by atoms with E-state index in [9.17, 15) is 4.79 Å². The van der Waals surface area contributed by atoms with Gasteiger partial charge in [-0.1, -0.05) is 41.7 Å². The Morgan fingerprint density at radius 2 is 2.08 bits per heavy atom. The highest BCUT2D eigenvalue weighted by Crippen LogP contribution is 2.35. The minimum atomic E-state index is -1.55. The zero-order chi connectivity index (χ0) is 9.78. The van der Waals surface area contributed by atoms with Crippen molar-refractivity contribution in [3.8, 4) is 0 Å². The van der Waals surface area contributed by atoms with Gasteiger partial charge in [0.1, 0.15) is 0 Å². The van der Waals surface area contributed by atoms with E-state index in [4.69, 9.17) is 39.5 Å². The predicted molar refractivity (Wildman–Crippen MR) is 59.1 cm³/mol. The SMILES string of the molecule is CCCC(=O)OC(I)C(Cl)(Cl)Cl. The van der Waals surface area contributed by atoms with Crippen molar-refractivity contribution in [1.29, 1.82) is 0 Å². The lowest BCUT2D eigenvalue weighted by Gasteiger charge is -2.18. The Bertz CT molecular complexity index is 157. The number of carbonyl (C=O) groups is 1. The minimum absolute atomic E-state index is 0.344. The molecule has 0 heterocycles. The molecule has 0 aliphatic carbocycles. The fraction of sp³-hybridized carbons (Fsp3) is 0.833. The lowest BCUT2D eigenvalue weighted by molar-refractivity contribution is -0.144. The Labute approximate surface area is 100 Å². The van der Waals surface area contributed by atoms with Crippen LogP contribution in [-0.2, 0) is 9.53 Å². The molecule has 0 aromatic carbocycles. The summed E-state index contributed by atoms with van der Waals surface area (Å²) in [7, 11) is 0. The van der Waals surface area contributed by atoms with Crippen molar-refractivity contribution in [2.24, 2.45) is 0 Å². The summed E-state index contributed by atoms with van der Waals surface area (Å²) in [6.45, 7) is 1.87. The van der Waals surface area contributed by atoms with Gasteiger partial charge < -0.3 is 4.74 Å². The first kappa shape index (κ1) is 13.1. The van der Waals surface area contributed by atoms with Gasteiger partial charge in [0.2, 0.25) is 3.79 Å². The predicted octanol–water partition coefficient (Wildman–Crippen LogP) is 3.46. The van der Waals surface area contributed by atoms with Crippen LogP contribution in [0.4, 0.5) is 0 Å². The molecule has 0 aliphatic heterocycles. The van der Waals surface area contributed by atoms with Crippen molar-refractivity contribution >= 4 is 63.4 Å². The second-order valence-electron chi connectivity index (χ2n) is 2.10. The summed E-state index contributed by atoms with van der Waals surface area (Å²) in [5.74, 6) is -0.344. The van der Waals surface area contributed by atoms with Gasteiger partial charge in [0.25, 0.3) is 0 Å². The van der Waals surface area contributed by atoms with Crippen LogP contribution < -0.4 is 0 Å². The summed E-state index contributed by atoms with van der Waals surface area (Å²) in [4.78, 5) is 10.9. The Kier molecular flexibility index (Phi) is 6.24. The third kappa shape index (κ3) is 5.67. The molecule has 12 heavy (non-hydrogen) atoms. The standard InChI is InChI=1S/C6H8Cl3IO2/c1-2-3-4(11)12-5(10)6(7,8)9/h5H,2-3H2,1H3. The third-order valence-electron chi connectivity index (χ3n) is 0.946. The fourth-order valence-electron chi connectivity index (χ4n) is 0.445. The molecule has 1 unspecified atom stereocenters. The molecule has 0 aromatic rings. The molecule has 0 aliphatic rings. The Morgan fingerprint density at radius 1 is 1.58 bits per heavy atom. The van der Waals surface area contributed by atoms with Crippen molar-refractivity contribution in [2.75, 3.05) is 0 Å². The molecule has 0 radical (unpaired) electrons. The van der Waals surface area contributed by atoms with Crippen LogP contribution in [0.15, 0.2) is 0 Å².